The Hall–Kier alpha value is -0.580. The summed E-state index contributed by atoms with van der Waals surface area (Å²) in [5.41, 5.74) is 8.41. The highest BCUT2D eigenvalue weighted by molar-refractivity contribution is 9.10. The van der Waals surface area contributed by atoms with Crippen molar-refractivity contribution in [3.8, 4) is 0 Å². The SMILES string of the molecule is Cl.NC[C@H]1CCC[C@H]1C(=O)NC1CCc2cc(Br)ccc21. The van der Waals surface area contributed by atoms with Crippen molar-refractivity contribution in [3.63, 3.8) is 0 Å². The van der Waals surface area contributed by atoms with Crippen LogP contribution < -0.4 is 11.1 Å². The molecule has 0 saturated heterocycles. The van der Waals surface area contributed by atoms with Crippen molar-refractivity contribution in [2.45, 2.75) is 38.1 Å². The number of fused-ring (bicyclic) bond motifs is 1. The number of carbonyl (C=O) groups is 1. The van der Waals surface area contributed by atoms with Gasteiger partial charge in [-0.1, -0.05) is 28.4 Å². The first kappa shape index (κ1) is 16.8. The minimum atomic E-state index is 0. The summed E-state index contributed by atoms with van der Waals surface area (Å²) in [5.74, 6) is 0.707. The summed E-state index contributed by atoms with van der Waals surface area (Å²) in [6.45, 7) is 0.631. The van der Waals surface area contributed by atoms with Gasteiger partial charge < -0.3 is 11.1 Å². The molecular weight excluding hydrogens is 352 g/mol. The molecule has 1 aromatic carbocycles. The molecule has 3 rings (SSSR count). The van der Waals surface area contributed by atoms with Gasteiger partial charge in [0.2, 0.25) is 5.91 Å². The predicted molar refractivity (Wildman–Crippen MR) is 90.5 cm³/mol. The number of aryl methyl sites for hydroxylation is 1. The van der Waals surface area contributed by atoms with Gasteiger partial charge in [0.25, 0.3) is 0 Å². The Morgan fingerprint density at radius 3 is 2.90 bits per heavy atom. The lowest BCUT2D eigenvalue weighted by Crippen LogP contribution is -2.36. The third kappa shape index (κ3) is 3.43. The molecule has 21 heavy (non-hydrogen) atoms. The molecule has 1 fully saturated rings. The fourth-order valence-corrected chi connectivity index (χ4v) is 4.09. The van der Waals surface area contributed by atoms with Crippen LogP contribution in [0.2, 0.25) is 0 Å². The van der Waals surface area contributed by atoms with E-state index in [0.29, 0.717) is 12.5 Å². The van der Waals surface area contributed by atoms with Crippen LogP contribution in [0.15, 0.2) is 22.7 Å². The Kier molecular flexibility index (Phi) is 5.69. The van der Waals surface area contributed by atoms with Gasteiger partial charge in [-0.15, -0.1) is 12.4 Å². The molecule has 3 N–H and O–H groups in total. The van der Waals surface area contributed by atoms with E-state index in [1.165, 1.54) is 11.1 Å². The second-order valence-electron chi connectivity index (χ2n) is 5.98. The zero-order chi connectivity index (χ0) is 14.1. The number of benzene rings is 1. The number of nitrogens with one attached hydrogen (secondary N) is 1. The predicted octanol–water partition coefficient (Wildman–Crippen LogP) is 3.35. The molecule has 116 valence electrons. The van der Waals surface area contributed by atoms with E-state index in [-0.39, 0.29) is 30.3 Å². The van der Waals surface area contributed by atoms with Crippen molar-refractivity contribution in [2.24, 2.45) is 17.6 Å². The minimum Gasteiger partial charge on any atom is -0.349 e. The fraction of sp³-hybridized carbons (Fsp3) is 0.562. The van der Waals surface area contributed by atoms with Crippen molar-refractivity contribution in [2.75, 3.05) is 6.54 Å². The average molecular weight is 374 g/mol. The molecule has 1 aromatic rings. The number of halogens is 2. The summed E-state index contributed by atoms with van der Waals surface area (Å²) >= 11 is 3.51. The van der Waals surface area contributed by atoms with Crippen LogP contribution in [-0.2, 0) is 11.2 Å². The monoisotopic (exact) mass is 372 g/mol. The van der Waals surface area contributed by atoms with Gasteiger partial charge in [-0.3, -0.25) is 4.79 Å². The number of rotatable bonds is 3. The number of nitrogens with two attached hydrogens (primary N) is 1. The Balaban J connectivity index is 0.00000161. The normalized spacial score (nSPS) is 27.0. The summed E-state index contributed by atoms with van der Waals surface area (Å²) in [6, 6.07) is 6.54. The lowest BCUT2D eigenvalue weighted by molar-refractivity contribution is -0.126. The van der Waals surface area contributed by atoms with Crippen LogP contribution in [0.1, 0.15) is 42.9 Å². The molecule has 1 saturated carbocycles. The number of hydrogen-bond donors (Lipinski definition) is 2. The summed E-state index contributed by atoms with van der Waals surface area (Å²) in [6.07, 6.45) is 5.28. The molecule has 5 heteroatoms. The van der Waals surface area contributed by atoms with Gasteiger partial charge in [-0.2, -0.15) is 0 Å². The lowest BCUT2D eigenvalue weighted by atomic mass is 9.94. The van der Waals surface area contributed by atoms with Crippen molar-refractivity contribution in [1.82, 2.24) is 5.32 Å². The second-order valence-corrected chi connectivity index (χ2v) is 6.89. The molecule has 3 atom stereocenters. The van der Waals surface area contributed by atoms with Crippen LogP contribution in [0.25, 0.3) is 0 Å². The van der Waals surface area contributed by atoms with Crippen molar-refractivity contribution in [3.05, 3.63) is 33.8 Å². The van der Waals surface area contributed by atoms with E-state index in [4.69, 9.17) is 5.73 Å². The van der Waals surface area contributed by atoms with Crippen LogP contribution in [0.5, 0.6) is 0 Å². The third-order valence-corrected chi connectivity index (χ3v) is 5.29. The Morgan fingerprint density at radius 1 is 1.33 bits per heavy atom. The van der Waals surface area contributed by atoms with Gasteiger partial charge in [0, 0.05) is 10.4 Å². The molecule has 3 nitrogen and oxygen atoms in total. The standard InChI is InChI=1S/C16H21BrN2O.ClH/c17-12-5-6-13-10(8-12)4-7-15(13)19-16(20)14-3-1-2-11(14)9-18;/h5-6,8,11,14-15H,1-4,7,9,18H2,(H,19,20);1H/t11-,14-,15?;/m1./s1. The Labute approximate surface area is 140 Å². The summed E-state index contributed by atoms with van der Waals surface area (Å²) < 4.78 is 1.11. The van der Waals surface area contributed by atoms with Crippen LogP contribution in [0.4, 0.5) is 0 Å². The largest absolute Gasteiger partial charge is 0.349 e. The van der Waals surface area contributed by atoms with Gasteiger partial charge in [0.15, 0.2) is 0 Å². The first-order valence-corrected chi connectivity index (χ1v) is 8.27. The lowest BCUT2D eigenvalue weighted by Gasteiger charge is -2.21. The maximum absolute atomic E-state index is 12.5. The molecule has 0 radical (unpaired) electrons. The molecule has 0 aromatic heterocycles. The van der Waals surface area contributed by atoms with Crippen LogP contribution >= 0.6 is 28.3 Å². The van der Waals surface area contributed by atoms with Crippen molar-refractivity contribution in [1.29, 1.82) is 0 Å². The van der Waals surface area contributed by atoms with E-state index in [1.54, 1.807) is 0 Å². The first-order valence-electron chi connectivity index (χ1n) is 7.48. The van der Waals surface area contributed by atoms with Crippen molar-refractivity contribution < 1.29 is 4.79 Å². The number of hydrogen-bond acceptors (Lipinski definition) is 2. The maximum atomic E-state index is 12.5. The number of amides is 1. The highest BCUT2D eigenvalue weighted by atomic mass is 79.9. The molecule has 2 aliphatic carbocycles. The topological polar surface area (TPSA) is 55.1 Å². The van der Waals surface area contributed by atoms with E-state index in [1.807, 2.05) is 0 Å². The summed E-state index contributed by atoms with van der Waals surface area (Å²) in [7, 11) is 0. The molecule has 1 unspecified atom stereocenters. The third-order valence-electron chi connectivity index (χ3n) is 4.80. The molecule has 0 bridgehead atoms. The average Bonchev–Trinajstić information content (AvgIpc) is 3.05. The van der Waals surface area contributed by atoms with Crippen LogP contribution in [-0.4, -0.2) is 12.5 Å². The van der Waals surface area contributed by atoms with E-state index >= 15 is 0 Å². The quantitative estimate of drug-likeness (QED) is 0.853. The highest BCUT2D eigenvalue weighted by Gasteiger charge is 2.34. The van der Waals surface area contributed by atoms with Crippen LogP contribution in [0.3, 0.4) is 0 Å². The molecule has 1 amide bonds. The van der Waals surface area contributed by atoms with E-state index in [2.05, 4.69) is 39.4 Å². The van der Waals surface area contributed by atoms with E-state index in [0.717, 1.165) is 36.6 Å². The zero-order valence-electron chi connectivity index (χ0n) is 12.0. The molecule has 2 aliphatic rings. The van der Waals surface area contributed by atoms with E-state index in [9.17, 15) is 4.79 Å². The van der Waals surface area contributed by atoms with Gasteiger partial charge >= 0.3 is 0 Å². The Bertz CT molecular complexity index is 523. The van der Waals surface area contributed by atoms with Crippen LogP contribution in [0, 0.1) is 11.8 Å². The van der Waals surface area contributed by atoms with Crippen molar-refractivity contribution >= 4 is 34.2 Å². The van der Waals surface area contributed by atoms with Gasteiger partial charge in [0.05, 0.1) is 6.04 Å². The molecule has 0 spiro atoms. The maximum Gasteiger partial charge on any atom is 0.223 e. The molecule has 0 aliphatic heterocycles. The molecular formula is C16H22BrClN2O. The first-order chi connectivity index (χ1) is 9.69. The molecule has 0 heterocycles. The second kappa shape index (κ2) is 7.12. The smallest absolute Gasteiger partial charge is 0.223 e. The minimum absolute atomic E-state index is 0. The zero-order valence-corrected chi connectivity index (χ0v) is 14.4. The van der Waals surface area contributed by atoms with Gasteiger partial charge in [-0.25, -0.2) is 0 Å². The summed E-state index contributed by atoms with van der Waals surface area (Å²) in [5, 5.41) is 3.25. The van der Waals surface area contributed by atoms with Gasteiger partial charge in [0.1, 0.15) is 0 Å². The Morgan fingerprint density at radius 2 is 2.14 bits per heavy atom. The van der Waals surface area contributed by atoms with Gasteiger partial charge in [-0.05, 0) is 61.4 Å². The fourth-order valence-electron chi connectivity index (χ4n) is 3.68. The summed E-state index contributed by atoms with van der Waals surface area (Å²) in [4.78, 5) is 12.5. The van der Waals surface area contributed by atoms with E-state index < -0.39 is 0 Å². The number of carbonyl (C=O) groups excluding carboxylic acids is 1. The highest BCUT2D eigenvalue weighted by Crippen LogP contribution is 2.35.